The number of benzene rings is 1. The summed E-state index contributed by atoms with van der Waals surface area (Å²) in [6.45, 7) is 1.59. The average Bonchev–Trinajstić information content (AvgIpc) is 3.15. The molecular weight excluding hydrogens is 318 g/mol. The lowest BCUT2D eigenvalue weighted by molar-refractivity contribution is 0.305. The monoisotopic (exact) mass is 339 g/mol. The van der Waals surface area contributed by atoms with Gasteiger partial charge in [0.05, 0.1) is 6.33 Å². The Morgan fingerprint density at radius 1 is 1.00 bits per heavy atom. The summed E-state index contributed by atoms with van der Waals surface area (Å²) in [6, 6.07) is 12.3. The third-order valence-corrected chi connectivity index (χ3v) is 4.70. The van der Waals surface area contributed by atoms with Crippen LogP contribution < -0.4 is 4.74 Å². The molecule has 0 fully saturated rings. The van der Waals surface area contributed by atoms with Crippen molar-refractivity contribution in [2.24, 2.45) is 0 Å². The molecule has 0 aliphatic rings. The van der Waals surface area contributed by atoms with Gasteiger partial charge in [-0.2, -0.15) is 11.8 Å². The highest BCUT2D eigenvalue weighted by atomic mass is 32.2. The lowest BCUT2D eigenvalue weighted by Crippen LogP contribution is -1.96. The van der Waals surface area contributed by atoms with Crippen LogP contribution in [0.4, 0.5) is 0 Å². The second kappa shape index (κ2) is 9.13. The first kappa shape index (κ1) is 16.6. The van der Waals surface area contributed by atoms with Gasteiger partial charge in [-0.25, -0.2) is 4.98 Å². The Morgan fingerprint density at radius 3 is 2.67 bits per heavy atom. The summed E-state index contributed by atoms with van der Waals surface area (Å²) in [6.07, 6.45) is 10.5. The van der Waals surface area contributed by atoms with Gasteiger partial charge in [-0.15, -0.1) is 0 Å². The van der Waals surface area contributed by atoms with E-state index in [2.05, 4.69) is 26.7 Å². The molecule has 3 aromatic rings. The molecule has 0 bridgehead atoms. The molecule has 0 N–H and O–H groups in total. The van der Waals surface area contributed by atoms with E-state index in [0.29, 0.717) is 6.61 Å². The zero-order valence-corrected chi connectivity index (χ0v) is 14.4. The third kappa shape index (κ3) is 5.42. The second-order valence-electron chi connectivity index (χ2n) is 5.50. The molecule has 2 aromatic heterocycles. The van der Waals surface area contributed by atoms with Crippen molar-refractivity contribution in [3.63, 3.8) is 0 Å². The van der Waals surface area contributed by atoms with Crippen molar-refractivity contribution in [3.05, 3.63) is 78.6 Å². The number of ether oxygens (including phenoxy) is 1. The molecule has 0 amide bonds. The minimum absolute atomic E-state index is 0.552. The Morgan fingerprint density at radius 2 is 1.92 bits per heavy atom. The standard InChI is InChI=1S/C19H21N3OS/c1-3-18(13-20-8-1)14-23-19-6-4-17(5-7-19)15-24-12-2-10-22-11-9-21-16-22/h1,3-9,11,13,16H,2,10,12,14-15H2. The van der Waals surface area contributed by atoms with Crippen LogP contribution in [-0.4, -0.2) is 20.3 Å². The van der Waals surface area contributed by atoms with Crippen molar-refractivity contribution < 1.29 is 4.74 Å². The van der Waals surface area contributed by atoms with Crippen LogP contribution in [0.15, 0.2) is 67.5 Å². The van der Waals surface area contributed by atoms with E-state index in [1.807, 2.05) is 60.9 Å². The molecule has 4 nitrogen and oxygen atoms in total. The zero-order valence-electron chi connectivity index (χ0n) is 13.5. The van der Waals surface area contributed by atoms with Crippen molar-refractivity contribution in [2.75, 3.05) is 5.75 Å². The van der Waals surface area contributed by atoms with Crippen LogP contribution >= 0.6 is 11.8 Å². The van der Waals surface area contributed by atoms with Crippen molar-refractivity contribution >= 4 is 11.8 Å². The molecule has 0 unspecified atom stereocenters. The fourth-order valence-corrected chi connectivity index (χ4v) is 3.20. The molecule has 0 atom stereocenters. The summed E-state index contributed by atoms with van der Waals surface area (Å²) in [5, 5.41) is 0. The SMILES string of the molecule is c1cncc(COc2ccc(CSCCCn3ccnc3)cc2)c1. The lowest BCUT2D eigenvalue weighted by atomic mass is 10.2. The van der Waals surface area contributed by atoms with Gasteiger partial charge in [0.2, 0.25) is 0 Å². The maximum Gasteiger partial charge on any atom is 0.119 e. The fraction of sp³-hybridized carbons (Fsp3) is 0.263. The van der Waals surface area contributed by atoms with E-state index in [1.165, 1.54) is 5.56 Å². The van der Waals surface area contributed by atoms with Crippen LogP contribution in [-0.2, 0) is 18.9 Å². The maximum absolute atomic E-state index is 5.78. The lowest BCUT2D eigenvalue weighted by Gasteiger charge is -2.07. The molecule has 0 radical (unpaired) electrons. The molecule has 0 saturated heterocycles. The maximum atomic E-state index is 5.78. The first-order valence-corrected chi connectivity index (χ1v) is 9.20. The summed E-state index contributed by atoms with van der Waals surface area (Å²) < 4.78 is 7.90. The number of rotatable bonds is 9. The number of imidazole rings is 1. The normalized spacial score (nSPS) is 10.7. The van der Waals surface area contributed by atoms with Gasteiger partial charge in [-0.3, -0.25) is 4.98 Å². The van der Waals surface area contributed by atoms with Crippen LogP contribution in [0.25, 0.3) is 0 Å². The number of hydrogen-bond donors (Lipinski definition) is 0. The molecule has 24 heavy (non-hydrogen) atoms. The molecule has 0 saturated carbocycles. The Kier molecular flexibility index (Phi) is 6.31. The van der Waals surface area contributed by atoms with Gasteiger partial charge >= 0.3 is 0 Å². The van der Waals surface area contributed by atoms with E-state index in [0.717, 1.165) is 35.8 Å². The Bertz CT molecular complexity index is 699. The number of thioether (sulfide) groups is 1. The minimum Gasteiger partial charge on any atom is -0.489 e. The van der Waals surface area contributed by atoms with Crippen LogP contribution in [0.3, 0.4) is 0 Å². The zero-order chi connectivity index (χ0) is 16.5. The van der Waals surface area contributed by atoms with Gasteiger partial charge in [-0.05, 0) is 35.9 Å². The Hall–Kier alpha value is -2.27. The van der Waals surface area contributed by atoms with Crippen molar-refractivity contribution in [1.29, 1.82) is 0 Å². The predicted octanol–water partition coefficient (Wildman–Crippen LogP) is 4.18. The van der Waals surface area contributed by atoms with E-state index in [1.54, 1.807) is 6.20 Å². The molecule has 3 rings (SSSR count). The van der Waals surface area contributed by atoms with Gasteiger partial charge in [-0.1, -0.05) is 18.2 Å². The summed E-state index contributed by atoms with van der Waals surface area (Å²) >= 11 is 1.96. The van der Waals surface area contributed by atoms with Crippen LogP contribution in [0.5, 0.6) is 5.75 Å². The summed E-state index contributed by atoms with van der Waals surface area (Å²) in [5.41, 5.74) is 2.41. The van der Waals surface area contributed by atoms with Gasteiger partial charge in [0, 0.05) is 42.6 Å². The van der Waals surface area contributed by atoms with Crippen molar-refractivity contribution in [1.82, 2.24) is 14.5 Å². The smallest absolute Gasteiger partial charge is 0.119 e. The molecule has 0 spiro atoms. The van der Waals surface area contributed by atoms with Gasteiger partial charge in [0.15, 0.2) is 0 Å². The topological polar surface area (TPSA) is 39.9 Å². The van der Waals surface area contributed by atoms with E-state index in [9.17, 15) is 0 Å². The van der Waals surface area contributed by atoms with Crippen molar-refractivity contribution in [3.8, 4) is 5.75 Å². The predicted molar refractivity (Wildman–Crippen MR) is 98.0 cm³/mol. The van der Waals surface area contributed by atoms with E-state index in [4.69, 9.17) is 4.74 Å². The highest BCUT2D eigenvalue weighted by Gasteiger charge is 1.98. The van der Waals surface area contributed by atoms with Gasteiger partial charge in [0.25, 0.3) is 0 Å². The molecule has 0 aliphatic carbocycles. The summed E-state index contributed by atoms with van der Waals surface area (Å²) in [7, 11) is 0. The number of aromatic nitrogens is 3. The average molecular weight is 339 g/mol. The first-order valence-electron chi connectivity index (χ1n) is 8.04. The third-order valence-electron chi connectivity index (χ3n) is 3.58. The number of aryl methyl sites for hydroxylation is 1. The number of hydrogen-bond acceptors (Lipinski definition) is 4. The molecule has 1 aromatic carbocycles. The molecule has 2 heterocycles. The summed E-state index contributed by atoms with van der Waals surface area (Å²) in [5.74, 6) is 3.08. The molecular formula is C19H21N3OS. The Balaban J connectivity index is 1.35. The highest BCUT2D eigenvalue weighted by molar-refractivity contribution is 7.98. The summed E-state index contributed by atoms with van der Waals surface area (Å²) in [4.78, 5) is 8.14. The van der Waals surface area contributed by atoms with E-state index < -0.39 is 0 Å². The second-order valence-corrected chi connectivity index (χ2v) is 6.61. The minimum atomic E-state index is 0.552. The van der Waals surface area contributed by atoms with Crippen LogP contribution in [0.1, 0.15) is 17.5 Å². The van der Waals surface area contributed by atoms with Gasteiger partial charge < -0.3 is 9.30 Å². The molecule has 0 aliphatic heterocycles. The van der Waals surface area contributed by atoms with Crippen molar-refractivity contribution in [2.45, 2.75) is 25.3 Å². The number of pyridine rings is 1. The van der Waals surface area contributed by atoms with E-state index in [-0.39, 0.29) is 0 Å². The largest absolute Gasteiger partial charge is 0.489 e. The highest BCUT2D eigenvalue weighted by Crippen LogP contribution is 2.18. The van der Waals surface area contributed by atoms with Gasteiger partial charge in [0.1, 0.15) is 12.4 Å². The van der Waals surface area contributed by atoms with Crippen LogP contribution in [0.2, 0.25) is 0 Å². The molecule has 124 valence electrons. The molecule has 5 heteroatoms. The first-order chi connectivity index (χ1) is 11.9. The fourth-order valence-electron chi connectivity index (χ4n) is 2.29. The van der Waals surface area contributed by atoms with Crippen LogP contribution in [0, 0.1) is 0 Å². The quantitative estimate of drug-likeness (QED) is 0.548. The number of nitrogens with zero attached hydrogens (tertiary/aromatic N) is 3. The Labute approximate surface area is 146 Å². The van der Waals surface area contributed by atoms with E-state index >= 15 is 0 Å².